The first-order valence-electron chi connectivity index (χ1n) is 4.61. The van der Waals surface area contributed by atoms with Crippen LogP contribution in [0.2, 0.25) is 0 Å². The smallest absolute Gasteiger partial charge is 0.0491 e. The molecule has 0 unspecified atom stereocenters. The molecule has 0 fully saturated rings. The zero-order chi connectivity index (χ0) is 9.97. The number of aromatic amines is 1. The van der Waals surface area contributed by atoms with Crippen LogP contribution in [0.4, 0.5) is 0 Å². The highest BCUT2D eigenvalue weighted by molar-refractivity contribution is 6.17. The van der Waals surface area contributed by atoms with E-state index in [2.05, 4.69) is 23.2 Å². The Kier molecular flexibility index (Phi) is 2.60. The van der Waals surface area contributed by atoms with Gasteiger partial charge in [0.2, 0.25) is 0 Å². The van der Waals surface area contributed by atoms with Gasteiger partial charge in [0.15, 0.2) is 0 Å². The van der Waals surface area contributed by atoms with Crippen molar-refractivity contribution >= 4 is 11.6 Å². The minimum absolute atomic E-state index is 0.565. The molecule has 72 valence electrons. The van der Waals surface area contributed by atoms with Gasteiger partial charge in [-0.2, -0.15) is 0 Å². The number of halogens is 1. The van der Waals surface area contributed by atoms with E-state index in [0.717, 1.165) is 11.4 Å². The highest BCUT2D eigenvalue weighted by Crippen LogP contribution is 2.22. The number of alkyl halides is 1. The summed E-state index contributed by atoms with van der Waals surface area (Å²) in [6.07, 6.45) is 0. The largest absolute Gasteiger partial charge is 0.358 e. The maximum absolute atomic E-state index is 5.81. The summed E-state index contributed by atoms with van der Waals surface area (Å²) in [6.45, 7) is 2.05. The molecular weight excluding hydrogens is 194 g/mol. The van der Waals surface area contributed by atoms with Crippen molar-refractivity contribution in [1.29, 1.82) is 0 Å². The van der Waals surface area contributed by atoms with Crippen molar-refractivity contribution in [3.05, 3.63) is 47.7 Å². The SMILES string of the molecule is Cc1[nH]c(-c2ccccc2)cc1CCl. The van der Waals surface area contributed by atoms with Crippen molar-refractivity contribution in [2.24, 2.45) is 0 Å². The van der Waals surface area contributed by atoms with Gasteiger partial charge in [0.25, 0.3) is 0 Å². The van der Waals surface area contributed by atoms with E-state index in [0.29, 0.717) is 5.88 Å². The van der Waals surface area contributed by atoms with E-state index in [9.17, 15) is 0 Å². The Bertz CT molecular complexity index is 417. The Balaban J connectivity index is 2.43. The van der Waals surface area contributed by atoms with Crippen LogP contribution in [-0.2, 0) is 5.88 Å². The molecule has 1 aromatic heterocycles. The van der Waals surface area contributed by atoms with Crippen LogP contribution in [-0.4, -0.2) is 4.98 Å². The fraction of sp³-hybridized carbons (Fsp3) is 0.167. The van der Waals surface area contributed by atoms with E-state index in [1.165, 1.54) is 11.1 Å². The number of nitrogens with one attached hydrogen (secondary N) is 1. The summed E-state index contributed by atoms with van der Waals surface area (Å²) in [7, 11) is 0. The second kappa shape index (κ2) is 3.89. The predicted octanol–water partition coefficient (Wildman–Crippen LogP) is 3.73. The molecule has 0 amide bonds. The van der Waals surface area contributed by atoms with Crippen LogP contribution in [0.15, 0.2) is 36.4 Å². The summed E-state index contributed by atoms with van der Waals surface area (Å²) < 4.78 is 0. The van der Waals surface area contributed by atoms with Crippen molar-refractivity contribution in [1.82, 2.24) is 4.98 Å². The van der Waals surface area contributed by atoms with Gasteiger partial charge in [-0.3, -0.25) is 0 Å². The lowest BCUT2D eigenvalue weighted by molar-refractivity contribution is 1.22. The topological polar surface area (TPSA) is 15.8 Å². The molecule has 2 rings (SSSR count). The number of benzene rings is 1. The molecule has 0 bridgehead atoms. The lowest BCUT2D eigenvalue weighted by atomic mass is 10.1. The molecule has 1 heterocycles. The van der Waals surface area contributed by atoms with Crippen molar-refractivity contribution in [2.75, 3.05) is 0 Å². The van der Waals surface area contributed by atoms with Crippen LogP contribution in [0.25, 0.3) is 11.3 Å². The second-order valence-corrected chi connectivity index (χ2v) is 3.60. The standard InChI is InChI=1S/C12H12ClN/c1-9-11(8-13)7-12(14-9)10-5-3-2-4-6-10/h2-7,14H,8H2,1H3. The predicted molar refractivity (Wildman–Crippen MR) is 60.5 cm³/mol. The number of aromatic nitrogens is 1. The van der Waals surface area contributed by atoms with E-state index < -0.39 is 0 Å². The summed E-state index contributed by atoms with van der Waals surface area (Å²) in [5.41, 5.74) is 4.66. The summed E-state index contributed by atoms with van der Waals surface area (Å²) >= 11 is 5.81. The lowest BCUT2D eigenvalue weighted by Crippen LogP contribution is -1.77. The third-order valence-electron chi connectivity index (χ3n) is 2.35. The molecule has 0 spiro atoms. The summed E-state index contributed by atoms with van der Waals surface area (Å²) in [6, 6.07) is 12.4. The Morgan fingerprint density at radius 3 is 2.50 bits per heavy atom. The molecule has 0 aliphatic carbocycles. The molecule has 0 atom stereocenters. The molecule has 1 nitrogen and oxygen atoms in total. The number of aryl methyl sites for hydroxylation is 1. The van der Waals surface area contributed by atoms with Gasteiger partial charge in [0.1, 0.15) is 0 Å². The first kappa shape index (κ1) is 9.35. The molecule has 0 aliphatic heterocycles. The van der Waals surface area contributed by atoms with Crippen molar-refractivity contribution in [3.8, 4) is 11.3 Å². The van der Waals surface area contributed by atoms with Gasteiger partial charge >= 0.3 is 0 Å². The van der Waals surface area contributed by atoms with Gasteiger partial charge < -0.3 is 4.98 Å². The molecule has 0 aliphatic rings. The van der Waals surface area contributed by atoms with Gasteiger partial charge in [-0.15, -0.1) is 11.6 Å². The Morgan fingerprint density at radius 2 is 1.93 bits per heavy atom. The van der Waals surface area contributed by atoms with Crippen LogP contribution >= 0.6 is 11.6 Å². The minimum atomic E-state index is 0.565. The molecular formula is C12H12ClN. The second-order valence-electron chi connectivity index (χ2n) is 3.33. The number of hydrogen-bond acceptors (Lipinski definition) is 0. The van der Waals surface area contributed by atoms with Crippen LogP contribution in [0.3, 0.4) is 0 Å². The Hall–Kier alpha value is -1.21. The molecule has 1 aromatic carbocycles. The van der Waals surface area contributed by atoms with Crippen LogP contribution in [0.5, 0.6) is 0 Å². The van der Waals surface area contributed by atoms with Gasteiger partial charge in [-0.1, -0.05) is 30.3 Å². The Labute approximate surface area is 88.7 Å². The van der Waals surface area contributed by atoms with Gasteiger partial charge in [-0.05, 0) is 24.1 Å². The maximum atomic E-state index is 5.81. The normalized spacial score (nSPS) is 10.4. The zero-order valence-electron chi connectivity index (χ0n) is 8.05. The van der Waals surface area contributed by atoms with Gasteiger partial charge in [-0.25, -0.2) is 0 Å². The molecule has 0 saturated heterocycles. The lowest BCUT2D eigenvalue weighted by Gasteiger charge is -1.95. The first-order chi connectivity index (χ1) is 6.81. The van der Waals surface area contributed by atoms with E-state index >= 15 is 0 Å². The average molecular weight is 206 g/mol. The quantitative estimate of drug-likeness (QED) is 0.720. The zero-order valence-corrected chi connectivity index (χ0v) is 8.81. The van der Waals surface area contributed by atoms with Crippen LogP contribution < -0.4 is 0 Å². The van der Waals surface area contributed by atoms with Crippen molar-refractivity contribution < 1.29 is 0 Å². The third kappa shape index (κ3) is 1.68. The molecule has 0 saturated carbocycles. The molecule has 2 heteroatoms. The number of hydrogen-bond donors (Lipinski definition) is 1. The minimum Gasteiger partial charge on any atom is -0.358 e. The van der Waals surface area contributed by atoms with E-state index in [1.54, 1.807) is 0 Å². The molecule has 1 N–H and O–H groups in total. The summed E-state index contributed by atoms with van der Waals surface area (Å²) in [4.78, 5) is 3.33. The van der Waals surface area contributed by atoms with Crippen molar-refractivity contribution in [3.63, 3.8) is 0 Å². The molecule has 0 radical (unpaired) electrons. The maximum Gasteiger partial charge on any atom is 0.0491 e. The summed E-state index contributed by atoms with van der Waals surface area (Å²) in [5.74, 6) is 0.565. The number of rotatable bonds is 2. The van der Waals surface area contributed by atoms with Crippen LogP contribution in [0, 0.1) is 6.92 Å². The van der Waals surface area contributed by atoms with E-state index in [4.69, 9.17) is 11.6 Å². The summed E-state index contributed by atoms with van der Waals surface area (Å²) in [5, 5.41) is 0. The van der Waals surface area contributed by atoms with Crippen LogP contribution in [0.1, 0.15) is 11.3 Å². The monoisotopic (exact) mass is 205 g/mol. The fourth-order valence-electron chi connectivity index (χ4n) is 1.51. The Morgan fingerprint density at radius 1 is 1.21 bits per heavy atom. The van der Waals surface area contributed by atoms with E-state index in [1.807, 2.05) is 25.1 Å². The molecule has 14 heavy (non-hydrogen) atoms. The van der Waals surface area contributed by atoms with Gasteiger partial charge in [0.05, 0.1) is 0 Å². The average Bonchev–Trinajstić information content (AvgIpc) is 2.61. The van der Waals surface area contributed by atoms with E-state index in [-0.39, 0.29) is 0 Å². The third-order valence-corrected chi connectivity index (χ3v) is 2.64. The fourth-order valence-corrected chi connectivity index (χ4v) is 1.79. The molecule has 2 aromatic rings. The highest BCUT2D eigenvalue weighted by atomic mass is 35.5. The first-order valence-corrected chi connectivity index (χ1v) is 5.14. The van der Waals surface area contributed by atoms with Gasteiger partial charge in [0, 0.05) is 17.3 Å². The highest BCUT2D eigenvalue weighted by Gasteiger charge is 2.04. The number of H-pyrrole nitrogens is 1. The van der Waals surface area contributed by atoms with Crippen molar-refractivity contribution in [2.45, 2.75) is 12.8 Å².